The van der Waals surface area contributed by atoms with Gasteiger partial charge in [-0.15, -0.1) is 0 Å². The van der Waals surface area contributed by atoms with Gasteiger partial charge in [0.1, 0.15) is 11.5 Å². The molecule has 5 aromatic carbocycles. The lowest BCUT2D eigenvalue weighted by molar-refractivity contribution is -0.129. The number of aryl methyl sites for hydroxylation is 2. The quantitative estimate of drug-likeness (QED) is 0.0728. The van der Waals surface area contributed by atoms with E-state index in [1.165, 1.54) is 33.2 Å². The number of anilines is 1. The van der Waals surface area contributed by atoms with Gasteiger partial charge in [0.05, 0.1) is 12.3 Å². The number of carbonyl (C=O) groups is 1. The van der Waals surface area contributed by atoms with Crippen molar-refractivity contribution in [2.24, 2.45) is 0 Å². The van der Waals surface area contributed by atoms with Crippen LogP contribution in [0.1, 0.15) is 23.1 Å². The number of benzene rings is 5. The lowest BCUT2D eigenvalue weighted by atomic mass is 10.0. The molecule has 0 amide bonds. The topological polar surface area (TPSA) is 47.6 Å². The Morgan fingerprint density at radius 2 is 1.39 bits per heavy atom. The zero-order valence-electron chi connectivity index (χ0n) is 21.7. The van der Waals surface area contributed by atoms with E-state index >= 15 is 0 Å². The molecule has 0 heterocycles. The normalized spacial score (nSPS) is 11.2. The predicted octanol–water partition coefficient (Wildman–Crippen LogP) is 8.15. The summed E-state index contributed by atoms with van der Waals surface area (Å²) >= 11 is 0. The molecule has 0 unspecified atom stereocenters. The van der Waals surface area contributed by atoms with E-state index in [1.54, 1.807) is 6.08 Å². The van der Waals surface area contributed by atoms with Crippen LogP contribution in [0, 0.1) is 13.8 Å². The maximum absolute atomic E-state index is 12.1. The van der Waals surface area contributed by atoms with Crippen LogP contribution in [-0.2, 0) is 11.3 Å². The molecule has 1 N–H and O–H groups in total. The molecule has 0 saturated carbocycles. The largest absolute Gasteiger partial charge is 0.493 e. The monoisotopic (exact) mass is 501 g/mol. The van der Waals surface area contributed by atoms with Gasteiger partial charge in [0.2, 0.25) is 0 Å². The van der Waals surface area contributed by atoms with E-state index in [0.717, 1.165) is 22.6 Å². The van der Waals surface area contributed by atoms with Gasteiger partial charge in [-0.05, 0) is 78.1 Å². The molecule has 0 spiro atoms. The third kappa shape index (κ3) is 6.22. The van der Waals surface area contributed by atoms with Gasteiger partial charge < -0.3 is 14.8 Å². The molecule has 0 aliphatic carbocycles. The highest BCUT2D eigenvalue weighted by atomic mass is 16.5. The number of rotatable bonds is 9. The number of hydrogen-bond donors (Lipinski definition) is 1. The lowest BCUT2D eigenvalue weighted by Crippen LogP contribution is -2.04. The van der Waals surface area contributed by atoms with Crippen LogP contribution < -0.4 is 14.8 Å². The maximum atomic E-state index is 12.1. The fourth-order valence-corrected chi connectivity index (χ4v) is 4.66. The third-order valence-corrected chi connectivity index (χ3v) is 6.38. The summed E-state index contributed by atoms with van der Waals surface area (Å²) in [7, 11) is 0. The standard InChI is InChI=1S/C34H31NO3/c1-24-19-25(2)21-30(20-24)38-33(36)13-7-8-18-37-29-16-14-26(15-17-29)23-35-34-31-11-5-3-9-27(31)22-28-10-4-6-12-32(28)34/h3-7,9-17,19-22,35H,8,18,23H2,1-2H3/b13-7+. The van der Waals surface area contributed by atoms with Gasteiger partial charge in [-0.25, -0.2) is 4.79 Å². The molecular formula is C34H31NO3. The van der Waals surface area contributed by atoms with E-state index in [9.17, 15) is 4.79 Å². The average molecular weight is 502 g/mol. The Labute approximate surface area is 223 Å². The molecule has 5 rings (SSSR count). The molecule has 5 aromatic rings. The molecule has 0 fully saturated rings. The smallest absolute Gasteiger partial charge is 0.335 e. The van der Waals surface area contributed by atoms with Crippen molar-refractivity contribution in [3.63, 3.8) is 0 Å². The van der Waals surface area contributed by atoms with Crippen LogP contribution in [0.3, 0.4) is 0 Å². The van der Waals surface area contributed by atoms with E-state index in [1.807, 2.05) is 44.2 Å². The number of carbonyl (C=O) groups excluding carboxylic acids is 1. The predicted molar refractivity (Wildman–Crippen MR) is 156 cm³/mol. The van der Waals surface area contributed by atoms with E-state index < -0.39 is 0 Å². The summed E-state index contributed by atoms with van der Waals surface area (Å²) in [6.07, 6.45) is 3.84. The summed E-state index contributed by atoms with van der Waals surface area (Å²) in [6, 6.07) is 33.1. The molecule has 0 bridgehead atoms. The van der Waals surface area contributed by atoms with Crippen LogP contribution >= 0.6 is 0 Å². The zero-order valence-corrected chi connectivity index (χ0v) is 21.7. The second-order valence-electron chi connectivity index (χ2n) is 9.48. The summed E-state index contributed by atoms with van der Waals surface area (Å²) in [5.41, 5.74) is 4.45. The molecule has 0 saturated heterocycles. The zero-order chi connectivity index (χ0) is 26.3. The SMILES string of the molecule is Cc1cc(C)cc(OC(=O)/C=C/CCOc2ccc(CNc3c4ccccc4cc4ccccc34)cc2)c1. The second-order valence-corrected chi connectivity index (χ2v) is 9.48. The van der Waals surface area contributed by atoms with Gasteiger partial charge in [-0.3, -0.25) is 0 Å². The molecule has 4 nitrogen and oxygen atoms in total. The Bertz CT molecular complexity index is 1530. The number of nitrogens with one attached hydrogen (secondary N) is 1. The fraction of sp³-hybridized carbons (Fsp3) is 0.147. The Morgan fingerprint density at radius 1 is 0.763 bits per heavy atom. The van der Waals surface area contributed by atoms with E-state index in [4.69, 9.17) is 9.47 Å². The third-order valence-electron chi connectivity index (χ3n) is 6.38. The van der Waals surface area contributed by atoms with Gasteiger partial charge in [-0.2, -0.15) is 0 Å². The van der Waals surface area contributed by atoms with Crippen molar-refractivity contribution in [2.75, 3.05) is 11.9 Å². The Kier molecular flexibility index (Phi) is 7.70. The number of esters is 1. The molecule has 4 heteroatoms. The number of hydrogen-bond acceptors (Lipinski definition) is 4. The summed E-state index contributed by atoms with van der Waals surface area (Å²) in [4.78, 5) is 12.1. The van der Waals surface area contributed by atoms with Crippen LogP contribution in [0.4, 0.5) is 5.69 Å². The van der Waals surface area contributed by atoms with Crippen molar-refractivity contribution in [1.29, 1.82) is 0 Å². The van der Waals surface area contributed by atoms with Crippen LogP contribution in [0.5, 0.6) is 11.5 Å². The van der Waals surface area contributed by atoms with Crippen molar-refractivity contribution in [3.05, 3.63) is 126 Å². The highest BCUT2D eigenvalue weighted by Crippen LogP contribution is 2.33. The summed E-state index contributed by atoms with van der Waals surface area (Å²) < 4.78 is 11.2. The van der Waals surface area contributed by atoms with Crippen LogP contribution in [0.25, 0.3) is 21.5 Å². The van der Waals surface area contributed by atoms with Gasteiger partial charge in [-0.1, -0.05) is 72.8 Å². The van der Waals surface area contributed by atoms with E-state index in [2.05, 4.69) is 72.0 Å². The Morgan fingerprint density at radius 3 is 2.05 bits per heavy atom. The summed E-state index contributed by atoms with van der Waals surface area (Å²) in [6.45, 7) is 5.15. The minimum atomic E-state index is -0.383. The lowest BCUT2D eigenvalue weighted by Gasteiger charge is -2.14. The first-order chi connectivity index (χ1) is 18.5. The number of fused-ring (bicyclic) bond motifs is 2. The molecule has 0 radical (unpaired) electrons. The molecule has 0 aromatic heterocycles. The fourth-order valence-electron chi connectivity index (χ4n) is 4.66. The molecule has 190 valence electrons. The van der Waals surface area contributed by atoms with Crippen molar-refractivity contribution >= 4 is 33.2 Å². The van der Waals surface area contributed by atoms with Crippen molar-refractivity contribution in [1.82, 2.24) is 0 Å². The first-order valence-corrected chi connectivity index (χ1v) is 12.9. The highest BCUT2D eigenvalue weighted by Gasteiger charge is 2.07. The first-order valence-electron chi connectivity index (χ1n) is 12.9. The Balaban J connectivity index is 1.13. The van der Waals surface area contributed by atoms with Crippen molar-refractivity contribution < 1.29 is 14.3 Å². The Hall–Kier alpha value is -4.57. The number of ether oxygens (including phenoxy) is 2. The van der Waals surface area contributed by atoms with Crippen LogP contribution in [0.15, 0.2) is 109 Å². The second kappa shape index (κ2) is 11.7. The molecule has 0 atom stereocenters. The molecule has 38 heavy (non-hydrogen) atoms. The van der Waals surface area contributed by atoms with Crippen molar-refractivity contribution in [2.45, 2.75) is 26.8 Å². The molecule has 0 aliphatic heterocycles. The van der Waals surface area contributed by atoms with Gasteiger partial charge >= 0.3 is 5.97 Å². The van der Waals surface area contributed by atoms with Crippen LogP contribution in [-0.4, -0.2) is 12.6 Å². The van der Waals surface area contributed by atoms with Gasteiger partial charge in [0.25, 0.3) is 0 Å². The van der Waals surface area contributed by atoms with Gasteiger partial charge in [0.15, 0.2) is 0 Å². The molecule has 0 aliphatic rings. The van der Waals surface area contributed by atoms with Gasteiger partial charge in [0, 0.05) is 23.4 Å². The highest BCUT2D eigenvalue weighted by molar-refractivity contribution is 6.10. The maximum Gasteiger partial charge on any atom is 0.335 e. The first kappa shape index (κ1) is 25.1. The summed E-state index contributed by atoms with van der Waals surface area (Å²) in [5, 5.41) is 8.56. The van der Waals surface area contributed by atoms with E-state index in [-0.39, 0.29) is 5.97 Å². The molecular weight excluding hydrogens is 470 g/mol. The average Bonchev–Trinajstić information content (AvgIpc) is 2.91. The minimum absolute atomic E-state index is 0.383. The summed E-state index contributed by atoms with van der Waals surface area (Å²) in [5.74, 6) is 0.984. The van der Waals surface area contributed by atoms with Crippen LogP contribution in [0.2, 0.25) is 0 Å². The minimum Gasteiger partial charge on any atom is -0.493 e. The van der Waals surface area contributed by atoms with Crippen molar-refractivity contribution in [3.8, 4) is 11.5 Å². The van der Waals surface area contributed by atoms with E-state index in [0.29, 0.717) is 25.3 Å².